The lowest BCUT2D eigenvalue weighted by Gasteiger charge is -2.24. The van der Waals surface area contributed by atoms with E-state index >= 15 is 0 Å². The maximum Gasteiger partial charge on any atom is 0.0471 e. The lowest BCUT2D eigenvalue weighted by Crippen LogP contribution is -2.24. The predicted molar refractivity (Wildman–Crippen MR) is 47.8 cm³/mol. The number of ether oxygens (including phenoxy) is 1. The molecular weight excluding hydrogens is 154 g/mol. The van der Waals surface area contributed by atoms with Crippen LogP contribution in [0.2, 0.25) is 0 Å². The van der Waals surface area contributed by atoms with Crippen molar-refractivity contribution < 1.29 is 9.84 Å². The van der Waals surface area contributed by atoms with Gasteiger partial charge in [0.05, 0.1) is 0 Å². The minimum absolute atomic E-state index is 0.230. The van der Waals surface area contributed by atoms with Gasteiger partial charge in [0.1, 0.15) is 0 Å². The van der Waals surface area contributed by atoms with Crippen molar-refractivity contribution in [1.29, 1.82) is 0 Å². The van der Waals surface area contributed by atoms with E-state index in [9.17, 15) is 0 Å². The molecule has 0 aliphatic carbocycles. The summed E-state index contributed by atoms with van der Waals surface area (Å²) in [6.45, 7) is 2.60. The van der Waals surface area contributed by atoms with E-state index < -0.39 is 0 Å². The molecular formula is C9H19NO2. The van der Waals surface area contributed by atoms with E-state index in [0.29, 0.717) is 12.5 Å². The summed E-state index contributed by atoms with van der Waals surface area (Å²) in [5.41, 5.74) is 5.51. The molecule has 0 saturated carbocycles. The summed E-state index contributed by atoms with van der Waals surface area (Å²) in [6.07, 6.45) is 3.34. The van der Waals surface area contributed by atoms with Crippen LogP contribution in [0.15, 0.2) is 0 Å². The molecule has 3 nitrogen and oxygen atoms in total. The smallest absolute Gasteiger partial charge is 0.0471 e. The molecule has 1 saturated heterocycles. The van der Waals surface area contributed by atoms with Gasteiger partial charge in [-0.3, -0.25) is 0 Å². The average molecular weight is 173 g/mol. The van der Waals surface area contributed by atoms with Crippen molar-refractivity contribution in [2.75, 3.05) is 26.4 Å². The van der Waals surface area contributed by atoms with E-state index in [-0.39, 0.29) is 6.61 Å². The molecule has 1 aliphatic rings. The van der Waals surface area contributed by atoms with Crippen LogP contribution in [-0.4, -0.2) is 31.5 Å². The highest BCUT2D eigenvalue weighted by Crippen LogP contribution is 2.22. The van der Waals surface area contributed by atoms with Crippen molar-refractivity contribution in [3.05, 3.63) is 0 Å². The van der Waals surface area contributed by atoms with Gasteiger partial charge in [0, 0.05) is 19.8 Å². The number of rotatable bonds is 4. The maximum absolute atomic E-state index is 8.95. The normalized spacial score (nSPS) is 22.5. The van der Waals surface area contributed by atoms with Gasteiger partial charge in [0.25, 0.3) is 0 Å². The Bertz CT molecular complexity index is 109. The zero-order chi connectivity index (χ0) is 8.81. The molecule has 1 rings (SSSR count). The van der Waals surface area contributed by atoms with Crippen LogP contribution in [0.25, 0.3) is 0 Å². The molecule has 1 atom stereocenters. The second-order valence-electron chi connectivity index (χ2n) is 3.58. The number of aliphatic hydroxyl groups excluding tert-OH is 1. The zero-order valence-corrected chi connectivity index (χ0v) is 7.54. The topological polar surface area (TPSA) is 55.5 Å². The van der Waals surface area contributed by atoms with Gasteiger partial charge in [-0.15, -0.1) is 0 Å². The fourth-order valence-corrected chi connectivity index (χ4v) is 1.70. The van der Waals surface area contributed by atoms with Crippen LogP contribution in [-0.2, 0) is 4.74 Å². The number of aliphatic hydroxyl groups is 1. The van der Waals surface area contributed by atoms with Gasteiger partial charge in [-0.05, 0) is 37.6 Å². The lowest BCUT2D eigenvalue weighted by atomic mass is 9.89. The zero-order valence-electron chi connectivity index (χ0n) is 7.54. The Balaban J connectivity index is 2.18. The fourth-order valence-electron chi connectivity index (χ4n) is 1.70. The van der Waals surface area contributed by atoms with Crippen molar-refractivity contribution in [1.82, 2.24) is 0 Å². The van der Waals surface area contributed by atoms with Crippen LogP contribution in [0.5, 0.6) is 0 Å². The van der Waals surface area contributed by atoms with Crippen molar-refractivity contribution in [3.8, 4) is 0 Å². The highest BCUT2D eigenvalue weighted by molar-refractivity contribution is 4.69. The summed E-state index contributed by atoms with van der Waals surface area (Å²) < 4.78 is 5.25. The van der Waals surface area contributed by atoms with Gasteiger partial charge < -0.3 is 15.6 Å². The van der Waals surface area contributed by atoms with E-state index in [1.807, 2.05) is 0 Å². The molecule has 1 aliphatic heterocycles. The molecule has 12 heavy (non-hydrogen) atoms. The SMILES string of the molecule is NCC(CO)CC1CCOCC1. The van der Waals surface area contributed by atoms with Crippen LogP contribution < -0.4 is 5.73 Å². The Labute approximate surface area is 73.9 Å². The second kappa shape index (κ2) is 5.51. The summed E-state index contributed by atoms with van der Waals surface area (Å²) in [7, 11) is 0. The Morgan fingerprint density at radius 1 is 1.42 bits per heavy atom. The summed E-state index contributed by atoms with van der Waals surface area (Å²) >= 11 is 0. The monoisotopic (exact) mass is 173 g/mol. The third-order valence-corrected chi connectivity index (χ3v) is 2.60. The molecule has 0 aromatic rings. The molecule has 72 valence electrons. The number of hydrogen-bond donors (Lipinski definition) is 2. The summed E-state index contributed by atoms with van der Waals surface area (Å²) in [5.74, 6) is 1.02. The molecule has 0 aromatic carbocycles. The van der Waals surface area contributed by atoms with Gasteiger partial charge in [0.2, 0.25) is 0 Å². The molecule has 0 radical (unpaired) electrons. The van der Waals surface area contributed by atoms with Gasteiger partial charge >= 0.3 is 0 Å². The third kappa shape index (κ3) is 3.09. The average Bonchev–Trinajstić information content (AvgIpc) is 2.16. The van der Waals surface area contributed by atoms with Crippen molar-refractivity contribution >= 4 is 0 Å². The van der Waals surface area contributed by atoms with Crippen molar-refractivity contribution in [2.45, 2.75) is 19.3 Å². The third-order valence-electron chi connectivity index (χ3n) is 2.60. The van der Waals surface area contributed by atoms with Crippen molar-refractivity contribution in [3.63, 3.8) is 0 Å². The quantitative estimate of drug-likeness (QED) is 0.646. The largest absolute Gasteiger partial charge is 0.396 e. The minimum atomic E-state index is 0.230. The molecule has 0 aromatic heterocycles. The maximum atomic E-state index is 8.95. The standard InChI is InChI=1S/C9H19NO2/c10-6-9(7-11)5-8-1-3-12-4-2-8/h8-9,11H,1-7,10H2. The molecule has 1 fully saturated rings. The van der Waals surface area contributed by atoms with Gasteiger partial charge in [-0.25, -0.2) is 0 Å². The highest BCUT2D eigenvalue weighted by Gasteiger charge is 2.17. The first-order valence-electron chi connectivity index (χ1n) is 4.75. The molecule has 1 unspecified atom stereocenters. The summed E-state index contributed by atoms with van der Waals surface area (Å²) in [5, 5.41) is 8.95. The highest BCUT2D eigenvalue weighted by atomic mass is 16.5. The second-order valence-corrected chi connectivity index (χ2v) is 3.58. The van der Waals surface area contributed by atoms with Crippen LogP contribution in [0.3, 0.4) is 0 Å². The van der Waals surface area contributed by atoms with Gasteiger partial charge in [-0.1, -0.05) is 0 Å². The van der Waals surface area contributed by atoms with Gasteiger partial charge in [0.15, 0.2) is 0 Å². The van der Waals surface area contributed by atoms with E-state index in [0.717, 1.165) is 38.4 Å². The van der Waals surface area contributed by atoms with E-state index in [4.69, 9.17) is 15.6 Å². The Kier molecular flexibility index (Phi) is 4.58. The molecule has 0 spiro atoms. The fraction of sp³-hybridized carbons (Fsp3) is 1.00. The first-order chi connectivity index (χ1) is 5.86. The number of nitrogens with two attached hydrogens (primary N) is 1. The molecule has 3 N–H and O–H groups in total. The Hall–Kier alpha value is -0.120. The van der Waals surface area contributed by atoms with Crippen LogP contribution in [0, 0.1) is 11.8 Å². The first kappa shape index (κ1) is 9.96. The van der Waals surface area contributed by atoms with Crippen molar-refractivity contribution in [2.24, 2.45) is 17.6 Å². The predicted octanol–water partition coefficient (Wildman–Crippen LogP) is 0.370. The lowest BCUT2D eigenvalue weighted by molar-refractivity contribution is 0.0547. The van der Waals surface area contributed by atoms with Gasteiger partial charge in [-0.2, -0.15) is 0 Å². The Morgan fingerprint density at radius 2 is 2.08 bits per heavy atom. The minimum Gasteiger partial charge on any atom is -0.396 e. The van der Waals surface area contributed by atoms with Crippen LogP contribution in [0.4, 0.5) is 0 Å². The molecule has 0 bridgehead atoms. The molecule has 3 heteroatoms. The van der Waals surface area contributed by atoms with E-state index in [1.54, 1.807) is 0 Å². The van der Waals surface area contributed by atoms with Crippen LogP contribution >= 0.6 is 0 Å². The van der Waals surface area contributed by atoms with Crippen LogP contribution in [0.1, 0.15) is 19.3 Å². The molecule has 1 heterocycles. The summed E-state index contributed by atoms with van der Waals surface area (Å²) in [4.78, 5) is 0. The first-order valence-corrected chi connectivity index (χ1v) is 4.75. The molecule has 0 amide bonds. The summed E-state index contributed by atoms with van der Waals surface area (Å²) in [6, 6.07) is 0. The number of hydrogen-bond acceptors (Lipinski definition) is 3. The Morgan fingerprint density at radius 3 is 2.58 bits per heavy atom. The van der Waals surface area contributed by atoms with E-state index in [1.165, 1.54) is 0 Å². The van der Waals surface area contributed by atoms with E-state index in [2.05, 4.69) is 0 Å².